The van der Waals surface area contributed by atoms with Crippen LogP contribution in [-0.2, 0) is 6.42 Å². The molecule has 0 amide bonds. The molecule has 0 aliphatic rings. The summed E-state index contributed by atoms with van der Waals surface area (Å²) >= 11 is 0. The molecule has 0 saturated carbocycles. The van der Waals surface area contributed by atoms with Crippen molar-refractivity contribution >= 4 is 22.7 Å². The van der Waals surface area contributed by atoms with Crippen LogP contribution in [0.2, 0.25) is 0 Å². The van der Waals surface area contributed by atoms with Gasteiger partial charge in [0, 0.05) is 55.7 Å². The summed E-state index contributed by atoms with van der Waals surface area (Å²) in [7, 11) is 0. The highest BCUT2D eigenvalue weighted by molar-refractivity contribution is 5.63. The SMILES string of the molecule is CCN(CC)c1ccc(N)c(OCCc2cc(N)ccc2N(CC)CC)c1. The molecule has 148 valence electrons. The summed E-state index contributed by atoms with van der Waals surface area (Å²) < 4.78 is 6.05. The first-order valence-electron chi connectivity index (χ1n) is 9.94. The van der Waals surface area contributed by atoms with Crippen LogP contribution in [0.25, 0.3) is 0 Å². The third-order valence-electron chi connectivity index (χ3n) is 4.96. The number of nitrogens with two attached hydrogens (primary N) is 2. The molecule has 27 heavy (non-hydrogen) atoms. The Kier molecular flexibility index (Phi) is 7.65. The fraction of sp³-hybridized carbons (Fsp3) is 0.455. The van der Waals surface area contributed by atoms with Crippen LogP contribution in [0.15, 0.2) is 36.4 Å². The van der Waals surface area contributed by atoms with Crippen LogP contribution in [0.3, 0.4) is 0 Å². The quantitative estimate of drug-likeness (QED) is 0.615. The standard InChI is InChI=1S/C22H34N4O/c1-5-25(6-2)19-10-11-20(24)22(16-19)27-14-13-17-15-18(23)9-12-21(17)26(7-3)8-4/h9-12,15-16H,5-8,13-14,23-24H2,1-4H3. The van der Waals surface area contributed by atoms with Gasteiger partial charge in [0.05, 0.1) is 12.3 Å². The molecule has 2 aromatic rings. The highest BCUT2D eigenvalue weighted by Gasteiger charge is 2.11. The van der Waals surface area contributed by atoms with E-state index < -0.39 is 0 Å². The van der Waals surface area contributed by atoms with E-state index in [4.69, 9.17) is 16.2 Å². The maximum atomic E-state index is 6.13. The minimum atomic E-state index is 0.559. The van der Waals surface area contributed by atoms with Crippen molar-refractivity contribution in [1.29, 1.82) is 0 Å². The van der Waals surface area contributed by atoms with Gasteiger partial charge in [0.2, 0.25) is 0 Å². The van der Waals surface area contributed by atoms with E-state index in [0.717, 1.165) is 49.7 Å². The molecule has 0 aliphatic heterocycles. The number of nitrogens with zero attached hydrogens (tertiary/aromatic N) is 2. The Morgan fingerprint density at radius 2 is 1.48 bits per heavy atom. The van der Waals surface area contributed by atoms with Crippen molar-refractivity contribution < 1.29 is 4.74 Å². The molecule has 2 rings (SSSR count). The summed E-state index contributed by atoms with van der Waals surface area (Å²) in [5.41, 5.74) is 17.2. The fourth-order valence-corrected chi connectivity index (χ4v) is 3.38. The van der Waals surface area contributed by atoms with E-state index >= 15 is 0 Å². The maximum Gasteiger partial charge on any atom is 0.144 e. The predicted octanol–water partition coefficient (Wildman–Crippen LogP) is 4.16. The van der Waals surface area contributed by atoms with E-state index in [1.54, 1.807) is 0 Å². The Hall–Kier alpha value is -2.56. The molecule has 0 unspecified atom stereocenters. The predicted molar refractivity (Wildman–Crippen MR) is 118 cm³/mol. The second-order valence-corrected chi connectivity index (χ2v) is 6.55. The van der Waals surface area contributed by atoms with Crippen LogP contribution in [0.4, 0.5) is 22.7 Å². The molecule has 0 bridgehead atoms. The van der Waals surface area contributed by atoms with E-state index in [-0.39, 0.29) is 0 Å². The molecule has 5 heteroatoms. The van der Waals surface area contributed by atoms with Gasteiger partial charge in [-0.1, -0.05) is 0 Å². The molecule has 0 aromatic heterocycles. The Labute approximate surface area is 163 Å². The largest absolute Gasteiger partial charge is 0.491 e. The van der Waals surface area contributed by atoms with Crippen LogP contribution < -0.4 is 26.0 Å². The van der Waals surface area contributed by atoms with Crippen molar-refractivity contribution in [3.8, 4) is 5.75 Å². The highest BCUT2D eigenvalue weighted by atomic mass is 16.5. The van der Waals surface area contributed by atoms with Crippen molar-refractivity contribution in [2.75, 3.05) is 54.1 Å². The summed E-state index contributed by atoms with van der Waals surface area (Å²) in [5.74, 6) is 0.743. The van der Waals surface area contributed by atoms with Crippen LogP contribution in [0.5, 0.6) is 5.75 Å². The summed E-state index contributed by atoms with van der Waals surface area (Å²) in [5, 5.41) is 0. The zero-order valence-electron chi connectivity index (χ0n) is 17.2. The Morgan fingerprint density at radius 3 is 2.11 bits per heavy atom. The number of ether oxygens (including phenoxy) is 1. The third kappa shape index (κ3) is 5.22. The first kappa shape index (κ1) is 20.7. The zero-order valence-corrected chi connectivity index (χ0v) is 17.2. The average Bonchev–Trinajstić information content (AvgIpc) is 2.67. The lowest BCUT2D eigenvalue weighted by atomic mass is 10.1. The van der Waals surface area contributed by atoms with Crippen LogP contribution >= 0.6 is 0 Å². The number of benzene rings is 2. The minimum absolute atomic E-state index is 0.559. The number of anilines is 4. The van der Waals surface area contributed by atoms with Gasteiger partial charge in [0.15, 0.2) is 0 Å². The van der Waals surface area contributed by atoms with Crippen LogP contribution in [0, 0.1) is 0 Å². The average molecular weight is 371 g/mol. The van der Waals surface area contributed by atoms with Gasteiger partial charge in [-0.05, 0) is 63.6 Å². The lowest BCUT2D eigenvalue weighted by molar-refractivity contribution is 0.324. The second-order valence-electron chi connectivity index (χ2n) is 6.55. The van der Waals surface area contributed by atoms with Crippen molar-refractivity contribution in [1.82, 2.24) is 0 Å². The molecule has 4 N–H and O–H groups in total. The van der Waals surface area contributed by atoms with Crippen molar-refractivity contribution in [3.63, 3.8) is 0 Å². The molecule has 0 radical (unpaired) electrons. The van der Waals surface area contributed by atoms with Crippen LogP contribution in [0.1, 0.15) is 33.3 Å². The highest BCUT2D eigenvalue weighted by Crippen LogP contribution is 2.29. The topological polar surface area (TPSA) is 67.7 Å². The summed E-state index contributed by atoms with van der Waals surface area (Å²) in [6.07, 6.45) is 0.784. The number of rotatable bonds is 10. The maximum absolute atomic E-state index is 6.13. The van der Waals surface area contributed by atoms with E-state index in [9.17, 15) is 0 Å². The zero-order chi connectivity index (χ0) is 19.8. The van der Waals surface area contributed by atoms with E-state index in [0.29, 0.717) is 12.3 Å². The summed E-state index contributed by atoms with van der Waals surface area (Å²) in [6, 6.07) is 12.1. The van der Waals surface area contributed by atoms with Gasteiger partial charge >= 0.3 is 0 Å². The summed E-state index contributed by atoms with van der Waals surface area (Å²) in [6.45, 7) is 13.0. The first-order valence-corrected chi connectivity index (χ1v) is 9.94. The number of hydrogen-bond donors (Lipinski definition) is 2. The normalized spacial score (nSPS) is 10.7. The Balaban J connectivity index is 2.12. The lowest BCUT2D eigenvalue weighted by Crippen LogP contribution is -2.23. The molecular weight excluding hydrogens is 336 g/mol. The molecule has 0 heterocycles. The Morgan fingerprint density at radius 1 is 0.815 bits per heavy atom. The van der Waals surface area contributed by atoms with Gasteiger partial charge in [-0.25, -0.2) is 0 Å². The summed E-state index contributed by atoms with van der Waals surface area (Å²) in [4.78, 5) is 4.62. The first-order chi connectivity index (χ1) is 13.0. The molecular formula is C22H34N4O. The van der Waals surface area contributed by atoms with E-state index in [2.05, 4.69) is 43.6 Å². The van der Waals surface area contributed by atoms with Gasteiger partial charge in [-0.2, -0.15) is 0 Å². The van der Waals surface area contributed by atoms with Crippen molar-refractivity contribution in [2.24, 2.45) is 0 Å². The van der Waals surface area contributed by atoms with Crippen molar-refractivity contribution in [2.45, 2.75) is 34.1 Å². The smallest absolute Gasteiger partial charge is 0.144 e. The van der Waals surface area contributed by atoms with Gasteiger partial charge < -0.3 is 26.0 Å². The molecule has 0 fully saturated rings. The van der Waals surface area contributed by atoms with Gasteiger partial charge in [-0.15, -0.1) is 0 Å². The van der Waals surface area contributed by atoms with Gasteiger partial charge in [0.25, 0.3) is 0 Å². The minimum Gasteiger partial charge on any atom is -0.491 e. The van der Waals surface area contributed by atoms with Crippen LogP contribution in [-0.4, -0.2) is 32.8 Å². The second kappa shape index (κ2) is 9.95. The molecule has 0 saturated heterocycles. The van der Waals surface area contributed by atoms with Gasteiger partial charge in [0.1, 0.15) is 5.75 Å². The lowest BCUT2D eigenvalue weighted by Gasteiger charge is -2.25. The molecule has 2 aromatic carbocycles. The molecule has 5 nitrogen and oxygen atoms in total. The van der Waals surface area contributed by atoms with E-state index in [1.165, 1.54) is 11.3 Å². The van der Waals surface area contributed by atoms with Gasteiger partial charge in [-0.3, -0.25) is 0 Å². The van der Waals surface area contributed by atoms with Crippen molar-refractivity contribution in [3.05, 3.63) is 42.0 Å². The Bertz CT molecular complexity index is 724. The number of nitrogen functional groups attached to an aromatic ring is 2. The molecule has 0 atom stereocenters. The number of hydrogen-bond acceptors (Lipinski definition) is 5. The molecule has 0 spiro atoms. The fourth-order valence-electron chi connectivity index (χ4n) is 3.38. The monoisotopic (exact) mass is 370 g/mol. The van der Waals surface area contributed by atoms with E-state index in [1.807, 2.05) is 30.3 Å². The molecule has 0 aliphatic carbocycles. The third-order valence-corrected chi connectivity index (χ3v) is 4.96.